The van der Waals surface area contributed by atoms with Crippen molar-refractivity contribution in [2.75, 3.05) is 11.6 Å². The number of carbonyl (C=O) groups is 1. The highest BCUT2D eigenvalue weighted by molar-refractivity contribution is 7.90. The molecule has 0 spiro atoms. The lowest BCUT2D eigenvalue weighted by Crippen LogP contribution is -2.31. The normalized spacial score (nSPS) is 24.1. The van der Waals surface area contributed by atoms with Crippen LogP contribution in [0.2, 0.25) is 0 Å². The second kappa shape index (κ2) is 7.72. The zero-order valence-electron chi connectivity index (χ0n) is 15.9. The minimum Gasteiger partial charge on any atom is -0.301 e. The number of nitrogens with one attached hydrogen (secondary N) is 1. The molecule has 1 aromatic heterocycles. The van der Waals surface area contributed by atoms with Gasteiger partial charge in [-0.15, -0.1) is 0 Å². The minimum atomic E-state index is -3.28. The Balaban J connectivity index is 1.64. The lowest BCUT2D eigenvalue weighted by atomic mass is 9.87. The van der Waals surface area contributed by atoms with Gasteiger partial charge in [0.15, 0.2) is 15.0 Å². The third-order valence-electron chi connectivity index (χ3n) is 6.06. The monoisotopic (exact) mass is 447 g/mol. The maximum atomic E-state index is 13.4. The summed E-state index contributed by atoms with van der Waals surface area (Å²) in [5.74, 6) is 0.711. The van der Waals surface area contributed by atoms with Gasteiger partial charge in [0.1, 0.15) is 5.00 Å². The predicted octanol–water partition coefficient (Wildman–Crippen LogP) is 4.37. The summed E-state index contributed by atoms with van der Waals surface area (Å²) in [5.41, 5.74) is 0.234. The van der Waals surface area contributed by atoms with Gasteiger partial charge in [0.25, 0.3) is 0 Å². The van der Waals surface area contributed by atoms with E-state index in [1.54, 1.807) is 30.5 Å². The average molecular weight is 448 g/mol. The number of sulfone groups is 1. The summed E-state index contributed by atoms with van der Waals surface area (Å²) in [6, 6.07) is 6.77. The zero-order valence-corrected chi connectivity index (χ0v) is 18.4. The number of hydrogen-bond acceptors (Lipinski definition) is 7. The molecule has 2 atom stereocenters. The second-order valence-corrected chi connectivity index (χ2v) is 11.0. The Morgan fingerprint density at radius 2 is 2.00 bits per heavy atom. The maximum absolute atomic E-state index is 13.4. The van der Waals surface area contributed by atoms with Crippen LogP contribution in [0.1, 0.15) is 37.7 Å². The Hall–Kier alpha value is -1.93. The summed E-state index contributed by atoms with van der Waals surface area (Å²) in [6.07, 6.45) is 8.21. The van der Waals surface area contributed by atoms with E-state index in [1.807, 2.05) is 0 Å². The van der Waals surface area contributed by atoms with Crippen LogP contribution < -0.4 is 5.32 Å². The zero-order chi connectivity index (χ0) is 20.6. The molecule has 1 heterocycles. The summed E-state index contributed by atoms with van der Waals surface area (Å²) < 4.78 is 23.6. The number of thiocarbonyl (C=S) groups is 1. The average Bonchev–Trinajstić information content (AvgIpc) is 3.02. The fraction of sp³-hybridized carbons (Fsp3) is 0.450. The van der Waals surface area contributed by atoms with Crippen molar-refractivity contribution in [2.24, 2.45) is 16.8 Å². The van der Waals surface area contributed by atoms with Crippen molar-refractivity contribution in [3.63, 3.8) is 0 Å². The van der Waals surface area contributed by atoms with Gasteiger partial charge in [0, 0.05) is 6.26 Å². The standard InChI is InChI=1S/C20H21N3O3S3/c1-29(25,26)15-8-6-14(7-9-15)20(10-16(20)13-4-2-3-5-13)18(24)23-19-21-11-17(28-19)22-12-27/h6-9,11,13,16H,2-5,10H2,1H3,(H,21,23,24). The fourth-order valence-corrected chi connectivity index (χ4v) is 6.00. The first-order valence-corrected chi connectivity index (χ1v) is 12.6. The lowest BCUT2D eigenvalue weighted by Gasteiger charge is -2.20. The molecule has 0 radical (unpaired) electrons. The first-order valence-electron chi connectivity index (χ1n) is 9.50. The SMILES string of the molecule is CS(=O)(=O)c1ccc(C2(C(=O)Nc3ncc(N=C=S)s3)CC2C2CCCC2)cc1. The number of hydrogen-bond donors (Lipinski definition) is 1. The molecule has 0 saturated heterocycles. The van der Waals surface area contributed by atoms with Gasteiger partial charge in [-0.1, -0.05) is 49.2 Å². The molecule has 2 aromatic rings. The molecule has 29 heavy (non-hydrogen) atoms. The molecule has 1 N–H and O–H groups in total. The first-order chi connectivity index (χ1) is 13.8. The van der Waals surface area contributed by atoms with Crippen molar-refractivity contribution in [3.8, 4) is 0 Å². The minimum absolute atomic E-state index is 0.0891. The largest absolute Gasteiger partial charge is 0.301 e. The summed E-state index contributed by atoms with van der Waals surface area (Å²) in [7, 11) is -3.28. The highest BCUT2D eigenvalue weighted by atomic mass is 32.2. The molecule has 2 fully saturated rings. The van der Waals surface area contributed by atoms with Crippen LogP contribution in [0.25, 0.3) is 0 Å². The van der Waals surface area contributed by atoms with Crippen molar-refractivity contribution in [3.05, 3.63) is 36.0 Å². The molecule has 2 saturated carbocycles. The predicted molar refractivity (Wildman–Crippen MR) is 117 cm³/mol. The number of isothiocyanates is 1. The third-order valence-corrected chi connectivity index (χ3v) is 8.08. The van der Waals surface area contributed by atoms with Crippen LogP contribution in [0, 0.1) is 11.8 Å². The Morgan fingerprint density at radius 1 is 1.31 bits per heavy atom. The Morgan fingerprint density at radius 3 is 2.62 bits per heavy atom. The highest BCUT2D eigenvalue weighted by Crippen LogP contribution is 2.61. The topological polar surface area (TPSA) is 88.5 Å². The van der Waals surface area contributed by atoms with Crippen LogP contribution in [0.5, 0.6) is 0 Å². The summed E-state index contributed by atoms with van der Waals surface area (Å²) in [5, 5.41) is 6.31. The van der Waals surface area contributed by atoms with Gasteiger partial charge < -0.3 is 5.32 Å². The number of carbonyl (C=O) groups excluding carboxylic acids is 1. The molecule has 1 amide bonds. The van der Waals surface area contributed by atoms with E-state index in [-0.39, 0.29) is 16.7 Å². The molecule has 152 valence electrons. The van der Waals surface area contributed by atoms with Crippen molar-refractivity contribution >= 4 is 54.6 Å². The Bertz CT molecular complexity index is 1080. The van der Waals surface area contributed by atoms with E-state index in [2.05, 4.69) is 32.7 Å². The van der Waals surface area contributed by atoms with E-state index < -0.39 is 15.3 Å². The molecule has 4 rings (SSSR count). The first kappa shape index (κ1) is 20.3. The molecular formula is C20H21N3O3S3. The van der Waals surface area contributed by atoms with Crippen molar-refractivity contribution in [1.82, 2.24) is 4.98 Å². The molecule has 1 aromatic carbocycles. The number of thiazole rings is 1. The van der Waals surface area contributed by atoms with E-state index in [1.165, 1.54) is 30.4 Å². The molecule has 6 nitrogen and oxygen atoms in total. The van der Waals surface area contributed by atoms with Gasteiger partial charge >= 0.3 is 0 Å². The van der Waals surface area contributed by atoms with E-state index in [0.717, 1.165) is 24.8 Å². The maximum Gasteiger partial charge on any atom is 0.237 e. The Kier molecular flexibility index (Phi) is 5.42. The van der Waals surface area contributed by atoms with Gasteiger partial charge in [0.05, 0.1) is 21.7 Å². The third kappa shape index (κ3) is 3.92. The molecule has 9 heteroatoms. The number of amides is 1. The molecule has 0 aliphatic heterocycles. The summed E-state index contributed by atoms with van der Waals surface area (Å²) >= 11 is 5.86. The van der Waals surface area contributed by atoms with Gasteiger partial charge in [-0.2, -0.15) is 4.99 Å². The molecule has 2 unspecified atom stereocenters. The van der Waals surface area contributed by atoms with Crippen molar-refractivity contribution < 1.29 is 13.2 Å². The van der Waals surface area contributed by atoms with E-state index in [4.69, 9.17) is 0 Å². The van der Waals surface area contributed by atoms with Crippen LogP contribution in [0.15, 0.2) is 40.4 Å². The van der Waals surface area contributed by atoms with Gasteiger partial charge in [-0.05, 0) is 48.2 Å². The number of rotatable bonds is 6. The molecule has 0 bridgehead atoms. The van der Waals surface area contributed by atoms with Crippen LogP contribution in [-0.4, -0.2) is 30.7 Å². The van der Waals surface area contributed by atoms with Crippen LogP contribution in [0.3, 0.4) is 0 Å². The molecular weight excluding hydrogens is 426 g/mol. The van der Waals surface area contributed by atoms with E-state index in [0.29, 0.717) is 16.1 Å². The quantitative estimate of drug-likeness (QED) is 0.525. The van der Waals surface area contributed by atoms with E-state index in [9.17, 15) is 13.2 Å². The van der Waals surface area contributed by atoms with Crippen LogP contribution in [0.4, 0.5) is 10.1 Å². The second-order valence-electron chi connectivity index (χ2n) is 7.78. The number of aromatic nitrogens is 1. The number of anilines is 1. The fourth-order valence-electron chi connectivity index (χ4n) is 4.57. The number of nitrogens with zero attached hydrogens (tertiary/aromatic N) is 2. The Labute approximate surface area is 179 Å². The van der Waals surface area contributed by atoms with Gasteiger partial charge in [-0.25, -0.2) is 13.4 Å². The van der Waals surface area contributed by atoms with Gasteiger partial charge in [-0.3, -0.25) is 4.79 Å². The lowest BCUT2D eigenvalue weighted by molar-refractivity contribution is -0.119. The van der Waals surface area contributed by atoms with Gasteiger partial charge in [0.2, 0.25) is 5.91 Å². The highest BCUT2D eigenvalue weighted by Gasteiger charge is 2.63. The molecule has 2 aliphatic rings. The molecule has 2 aliphatic carbocycles. The number of benzene rings is 1. The number of aliphatic imine (C=N–C) groups is 1. The van der Waals surface area contributed by atoms with Crippen LogP contribution >= 0.6 is 23.6 Å². The van der Waals surface area contributed by atoms with Crippen LogP contribution in [-0.2, 0) is 20.0 Å². The summed E-state index contributed by atoms with van der Waals surface area (Å²) in [6.45, 7) is 0. The van der Waals surface area contributed by atoms with Crippen molar-refractivity contribution in [1.29, 1.82) is 0 Å². The van der Waals surface area contributed by atoms with Crippen molar-refractivity contribution in [2.45, 2.75) is 42.4 Å². The summed E-state index contributed by atoms with van der Waals surface area (Å²) in [4.78, 5) is 21.7. The van der Waals surface area contributed by atoms with E-state index >= 15 is 0 Å². The smallest absolute Gasteiger partial charge is 0.237 e.